The predicted octanol–water partition coefficient (Wildman–Crippen LogP) is 4.25. The summed E-state index contributed by atoms with van der Waals surface area (Å²) in [5, 5.41) is 15.4. The van der Waals surface area contributed by atoms with Gasteiger partial charge in [-0.1, -0.05) is 24.3 Å². The van der Waals surface area contributed by atoms with Gasteiger partial charge in [0.1, 0.15) is 17.5 Å². The van der Waals surface area contributed by atoms with E-state index in [9.17, 15) is 19.2 Å². The van der Waals surface area contributed by atoms with Gasteiger partial charge < -0.3 is 25.4 Å². The minimum Gasteiger partial charge on any atom is -0.464 e. The number of para-hydroxylation sites is 1. The quantitative estimate of drug-likeness (QED) is 0.146. The molecule has 0 saturated heterocycles. The van der Waals surface area contributed by atoms with Crippen LogP contribution in [0.25, 0.3) is 10.9 Å². The number of amides is 4. The second-order valence-electron chi connectivity index (χ2n) is 10.7. The monoisotopic (exact) mass is 601 g/mol. The third-order valence-electron chi connectivity index (χ3n) is 6.10. The van der Waals surface area contributed by atoms with Gasteiger partial charge >= 0.3 is 18.1 Å². The van der Waals surface area contributed by atoms with Crippen LogP contribution < -0.4 is 20.9 Å². The van der Waals surface area contributed by atoms with Gasteiger partial charge in [-0.2, -0.15) is 5.10 Å². The van der Waals surface area contributed by atoms with Crippen LogP contribution in [0.4, 0.5) is 21.1 Å². The van der Waals surface area contributed by atoms with E-state index in [1.165, 1.54) is 4.90 Å². The first-order valence-electron chi connectivity index (χ1n) is 14.0. The van der Waals surface area contributed by atoms with E-state index in [0.29, 0.717) is 17.1 Å². The normalized spacial score (nSPS) is 11.7. The maximum absolute atomic E-state index is 13.1. The third kappa shape index (κ3) is 9.28. The van der Waals surface area contributed by atoms with Crippen LogP contribution in [-0.2, 0) is 14.3 Å². The molecule has 0 bridgehead atoms. The Hall–Kier alpha value is -5.46. The molecule has 2 aromatic heterocycles. The molecule has 4 aromatic rings. The fraction of sp³-hybridized carbons (Fsp3) is 0.290. The fourth-order valence-electron chi connectivity index (χ4n) is 4.05. The van der Waals surface area contributed by atoms with Crippen LogP contribution in [0.5, 0.6) is 0 Å². The summed E-state index contributed by atoms with van der Waals surface area (Å²) in [7, 11) is 0. The predicted molar refractivity (Wildman–Crippen MR) is 164 cm³/mol. The number of rotatable bonds is 11. The average molecular weight is 602 g/mol. The zero-order chi connectivity index (χ0) is 31.5. The van der Waals surface area contributed by atoms with Gasteiger partial charge in [-0.15, -0.1) is 0 Å². The summed E-state index contributed by atoms with van der Waals surface area (Å²) in [6.45, 7) is 5.13. The summed E-state index contributed by atoms with van der Waals surface area (Å²) in [5.74, 6) is -0.818. The number of esters is 1. The first-order chi connectivity index (χ1) is 21.1. The second-order valence-corrected chi connectivity index (χ2v) is 10.7. The molecule has 13 heteroatoms. The van der Waals surface area contributed by atoms with E-state index in [1.807, 2.05) is 0 Å². The van der Waals surface area contributed by atoms with Crippen molar-refractivity contribution in [3.05, 3.63) is 84.7 Å². The van der Waals surface area contributed by atoms with Crippen LogP contribution in [0.3, 0.4) is 0 Å². The summed E-state index contributed by atoms with van der Waals surface area (Å²) in [4.78, 5) is 57.1. The van der Waals surface area contributed by atoms with Crippen LogP contribution in [0.1, 0.15) is 37.6 Å². The minimum atomic E-state index is -1.21. The molecule has 230 valence electrons. The molecule has 0 aliphatic heterocycles. The van der Waals surface area contributed by atoms with Crippen molar-refractivity contribution >= 4 is 46.4 Å². The van der Waals surface area contributed by atoms with E-state index in [-0.39, 0.29) is 26.1 Å². The van der Waals surface area contributed by atoms with E-state index < -0.39 is 35.6 Å². The Morgan fingerprint density at radius 1 is 1.00 bits per heavy atom. The Labute approximate surface area is 254 Å². The van der Waals surface area contributed by atoms with Crippen LogP contribution in [0, 0.1) is 0 Å². The highest BCUT2D eigenvalue weighted by Crippen LogP contribution is 2.16. The number of H-pyrrole nitrogens is 1. The maximum atomic E-state index is 13.1. The lowest BCUT2D eigenvalue weighted by Gasteiger charge is -2.26. The standard InChI is InChI=1S/C31H35N7O6/c1-31(2,3)44-30(42)38(26-12-7-8-15-32-26)16-9-17-43-28(40)25(36-29(41)35-23-10-5-4-6-11-23)20-33-27(39)21-13-14-24-22(18-21)19-34-37-24/h4-8,10-15,18-19,25H,9,16-17,20H2,1-3H3,(H,33,39)(H,34,37)(H2,35,36,41)/t25-/m0/s1. The van der Waals surface area contributed by atoms with Gasteiger partial charge in [0.15, 0.2) is 0 Å². The Kier molecular flexibility index (Phi) is 10.5. The first kappa shape index (κ1) is 31.5. The number of nitrogens with one attached hydrogen (secondary N) is 4. The molecule has 4 N–H and O–H groups in total. The Morgan fingerprint density at radius 2 is 1.77 bits per heavy atom. The van der Waals surface area contributed by atoms with Gasteiger partial charge in [0.25, 0.3) is 5.91 Å². The van der Waals surface area contributed by atoms with Crippen molar-refractivity contribution in [1.29, 1.82) is 0 Å². The number of pyridine rings is 1. The first-order valence-corrected chi connectivity index (χ1v) is 14.0. The highest BCUT2D eigenvalue weighted by atomic mass is 16.6. The zero-order valence-corrected chi connectivity index (χ0v) is 24.7. The highest BCUT2D eigenvalue weighted by Gasteiger charge is 2.26. The van der Waals surface area contributed by atoms with Crippen LogP contribution in [0.15, 0.2) is 79.1 Å². The molecule has 0 aliphatic carbocycles. The Balaban J connectivity index is 1.37. The van der Waals surface area contributed by atoms with Gasteiger partial charge in [0.2, 0.25) is 0 Å². The number of urea groups is 1. The summed E-state index contributed by atoms with van der Waals surface area (Å²) in [6, 6.07) is 17.0. The van der Waals surface area contributed by atoms with E-state index >= 15 is 0 Å². The molecule has 13 nitrogen and oxygen atoms in total. The van der Waals surface area contributed by atoms with E-state index in [1.54, 1.807) is 99.9 Å². The number of carbonyl (C=O) groups excluding carboxylic acids is 4. The lowest BCUT2D eigenvalue weighted by Crippen LogP contribution is -2.50. The number of benzene rings is 2. The van der Waals surface area contributed by atoms with Crippen molar-refractivity contribution in [2.75, 3.05) is 29.9 Å². The zero-order valence-electron chi connectivity index (χ0n) is 24.7. The van der Waals surface area contributed by atoms with Crippen molar-refractivity contribution in [1.82, 2.24) is 25.8 Å². The molecular formula is C31H35N7O6. The van der Waals surface area contributed by atoms with Crippen molar-refractivity contribution in [2.24, 2.45) is 0 Å². The molecule has 4 amide bonds. The Morgan fingerprint density at radius 3 is 2.50 bits per heavy atom. The van der Waals surface area contributed by atoms with Crippen LogP contribution >= 0.6 is 0 Å². The van der Waals surface area contributed by atoms with Crippen LogP contribution in [-0.4, -0.2) is 70.5 Å². The Bertz CT molecular complexity index is 1570. The molecule has 1 atom stereocenters. The van der Waals surface area contributed by atoms with Crippen molar-refractivity contribution in [2.45, 2.75) is 38.8 Å². The fourth-order valence-corrected chi connectivity index (χ4v) is 4.05. The molecule has 0 fully saturated rings. The molecule has 2 aromatic carbocycles. The number of carbonyl (C=O) groups is 4. The molecule has 4 rings (SSSR count). The number of ether oxygens (including phenoxy) is 2. The number of aromatic nitrogens is 3. The number of nitrogens with zero attached hydrogens (tertiary/aromatic N) is 3. The number of aromatic amines is 1. The number of hydrogen-bond acceptors (Lipinski definition) is 8. The SMILES string of the molecule is CC(C)(C)OC(=O)N(CCCOC(=O)[C@H](CNC(=O)c1ccc2[nH]ncc2c1)NC(=O)Nc1ccccc1)c1ccccn1. The van der Waals surface area contributed by atoms with Gasteiger partial charge in [-0.25, -0.2) is 19.4 Å². The number of fused-ring (bicyclic) bond motifs is 1. The summed E-state index contributed by atoms with van der Waals surface area (Å²) < 4.78 is 11.0. The molecular weight excluding hydrogens is 566 g/mol. The summed E-state index contributed by atoms with van der Waals surface area (Å²) >= 11 is 0. The van der Waals surface area contributed by atoms with Crippen LogP contribution in [0.2, 0.25) is 0 Å². The molecule has 0 saturated carbocycles. The lowest BCUT2D eigenvalue weighted by molar-refractivity contribution is -0.145. The molecule has 0 radical (unpaired) electrons. The largest absolute Gasteiger partial charge is 0.464 e. The highest BCUT2D eigenvalue weighted by molar-refractivity contribution is 5.98. The second kappa shape index (κ2) is 14.6. The van der Waals surface area contributed by atoms with Gasteiger partial charge in [-0.3, -0.25) is 14.8 Å². The summed E-state index contributed by atoms with van der Waals surface area (Å²) in [5.41, 5.74) is 0.934. The smallest absolute Gasteiger partial charge is 0.416 e. The molecule has 0 unspecified atom stereocenters. The molecule has 2 heterocycles. The van der Waals surface area contributed by atoms with Crippen molar-refractivity contribution in [3.63, 3.8) is 0 Å². The molecule has 0 aliphatic rings. The minimum absolute atomic E-state index is 0.0748. The number of anilines is 2. The van der Waals surface area contributed by atoms with Crippen molar-refractivity contribution in [3.8, 4) is 0 Å². The van der Waals surface area contributed by atoms with E-state index in [0.717, 1.165) is 10.9 Å². The average Bonchev–Trinajstić information content (AvgIpc) is 3.47. The van der Waals surface area contributed by atoms with E-state index in [2.05, 4.69) is 31.1 Å². The lowest BCUT2D eigenvalue weighted by atomic mass is 10.1. The molecule has 0 spiro atoms. The third-order valence-corrected chi connectivity index (χ3v) is 6.10. The van der Waals surface area contributed by atoms with E-state index in [4.69, 9.17) is 9.47 Å². The van der Waals surface area contributed by atoms with Gasteiger partial charge in [0, 0.05) is 35.9 Å². The topological polar surface area (TPSA) is 168 Å². The number of hydrogen-bond donors (Lipinski definition) is 4. The summed E-state index contributed by atoms with van der Waals surface area (Å²) in [6.07, 6.45) is 2.82. The van der Waals surface area contributed by atoms with Gasteiger partial charge in [0.05, 0.1) is 18.3 Å². The maximum Gasteiger partial charge on any atom is 0.416 e. The van der Waals surface area contributed by atoms with Gasteiger partial charge in [-0.05, 0) is 69.7 Å². The molecule has 44 heavy (non-hydrogen) atoms. The van der Waals surface area contributed by atoms with Crippen molar-refractivity contribution < 1.29 is 28.7 Å².